The average molecular weight is 286 g/mol. The summed E-state index contributed by atoms with van der Waals surface area (Å²) in [7, 11) is 2.15. The van der Waals surface area contributed by atoms with E-state index in [1.54, 1.807) is 6.07 Å². The zero-order valence-electron chi connectivity index (χ0n) is 12.2. The van der Waals surface area contributed by atoms with Gasteiger partial charge in [0, 0.05) is 23.6 Å². The van der Waals surface area contributed by atoms with Crippen LogP contribution in [0.3, 0.4) is 0 Å². The van der Waals surface area contributed by atoms with Gasteiger partial charge in [-0.25, -0.2) is 4.39 Å². The van der Waals surface area contributed by atoms with Gasteiger partial charge in [-0.15, -0.1) is 0 Å². The fourth-order valence-corrected chi connectivity index (χ4v) is 3.83. The van der Waals surface area contributed by atoms with Crippen LogP contribution in [0.1, 0.15) is 48.0 Å². The average Bonchev–Trinajstić information content (AvgIpc) is 2.47. The van der Waals surface area contributed by atoms with Crippen LogP contribution in [-0.4, -0.2) is 29.8 Å². The minimum Gasteiger partial charge on any atom is -0.300 e. The van der Waals surface area contributed by atoms with Crippen molar-refractivity contribution in [3.05, 3.63) is 35.1 Å². The predicted molar refractivity (Wildman–Crippen MR) is 77.4 cm³/mol. The molecule has 3 nitrogen and oxygen atoms in total. The predicted octanol–water partition coefficient (Wildman–Crippen LogP) is 3.14. The number of fused-ring (bicyclic) bond motifs is 2. The van der Waals surface area contributed by atoms with Crippen molar-refractivity contribution in [2.75, 3.05) is 7.05 Å². The third-order valence-corrected chi connectivity index (χ3v) is 5.08. The van der Waals surface area contributed by atoms with Crippen molar-refractivity contribution in [1.29, 1.82) is 5.26 Å². The summed E-state index contributed by atoms with van der Waals surface area (Å²) in [5.74, 6) is -0.487. The van der Waals surface area contributed by atoms with Crippen LogP contribution in [0.2, 0.25) is 0 Å². The lowest BCUT2D eigenvalue weighted by atomic mass is 9.76. The summed E-state index contributed by atoms with van der Waals surface area (Å²) >= 11 is 0. The molecule has 0 spiro atoms. The molecule has 2 aliphatic heterocycles. The zero-order valence-corrected chi connectivity index (χ0v) is 12.2. The van der Waals surface area contributed by atoms with Gasteiger partial charge in [0.25, 0.3) is 0 Å². The van der Waals surface area contributed by atoms with E-state index in [-0.39, 0.29) is 17.3 Å². The molecule has 0 saturated carbocycles. The Hall–Kier alpha value is -1.73. The van der Waals surface area contributed by atoms with E-state index in [1.807, 2.05) is 0 Å². The highest BCUT2D eigenvalue weighted by Gasteiger charge is 2.38. The number of carbonyl (C=O) groups excluding carboxylic acids is 1. The number of carbonyl (C=O) groups is 1. The third-order valence-electron chi connectivity index (χ3n) is 5.08. The summed E-state index contributed by atoms with van der Waals surface area (Å²) < 4.78 is 13.4. The lowest BCUT2D eigenvalue weighted by Gasteiger charge is -2.46. The number of rotatable bonds is 2. The summed E-state index contributed by atoms with van der Waals surface area (Å²) in [5, 5.41) is 8.89. The molecule has 2 atom stereocenters. The lowest BCUT2D eigenvalue weighted by molar-refractivity contribution is 0.0338. The van der Waals surface area contributed by atoms with E-state index < -0.39 is 5.82 Å². The monoisotopic (exact) mass is 286 g/mol. The molecule has 2 heterocycles. The molecule has 4 heteroatoms. The molecule has 0 aromatic heterocycles. The van der Waals surface area contributed by atoms with Crippen LogP contribution in [0.15, 0.2) is 18.2 Å². The Morgan fingerprint density at radius 1 is 1.33 bits per heavy atom. The maximum Gasteiger partial charge on any atom is 0.166 e. The molecule has 1 aromatic rings. The van der Waals surface area contributed by atoms with Gasteiger partial charge < -0.3 is 4.90 Å². The van der Waals surface area contributed by atoms with E-state index in [1.165, 1.54) is 24.6 Å². The summed E-state index contributed by atoms with van der Waals surface area (Å²) in [6.07, 6.45) is 5.32. The van der Waals surface area contributed by atoms with E-state index in [2.05, 4.69) is 11.9 Å². The minimum absolute atomic E-state index is 0.00787. The molecule has 2 fully saturated rings. The van der Waals surface area contributed by atoms with Gasteiger partial charge in [-0.2, -0.15) is 5.26 Å². The summed E-state index contributed by atoms with van der Waals surface area (Å²) in [4.78, 5) is 15.1. The van der Waals surface area contributed by atoms with E-state index in [0.717, 1.165) is 25.7 Å². The second kappa shape index (κ2) is 5.57. The largest absolute Gasteiger partial charge is 0.300 e. The van der Waals surface area contributed by atoms with Crippen LogP contribution < -0.4 is 0 Å². The van der Waals surface area contributed by atoms with Crippen molar-refractivity contribution in [3.63, 3.8) is 0 Å². The number of nitrogens with zero attached hydrogens (tertiary/aromatic N) is 2. The molecule has 2 aliphatic rings. The van der Waals surface area contributed by atoms with Gasteiger partial charge in [-0.05, 0) is 50.9 Å². The number of Topliss-reactive ketones (excluding diaryl/α,β-unsaturated/α-hetero) is 1. The molecule has 0 amide bonds. The summed E-state index contributed by atoms with van der Waals surface area (Å²) in [6.45, 7) is 0. The molecule has 3 rings (SSSR count). The van der Waals surface area contributed by atoms with E-state index in [9.17, 15) is 9.18 Å². The van der Waals surface area contributed by atoms with Crippen LogP contribution in [-0.2, 0) is 0 Å². The van der Waals surface area contributed by atoms with Crippen LogP contribution in [0.4, 0.5) is 4.39 Å². The van der Waals surface area contributed by atoms with Crippen LogP contribution >= 0.6 is 0 Å². The van der Waals surface area contributed by atoms with Crippen LogP contribution in [0.5, 0.6) is 0 Å². The Balaban J connectivity index is 1.81. The van der Waals surface area contributed by atoms with Crippen LogP contribution in [0.25, 0.3) is 0 Å². The van der Waals surface area contributed by atoms with Crippen molar-refractivity contribution >= 4 is 5.78 Å². The first kappa shape index (κ1) is 14.2. The highest BCUT2D eigenvalue weighted by atomic mass is 19.1. The molecule has 2 unspecified atom stereocenters. The second-order valence-corrected chi connectivity index (χ2v) is 6.24. The molecule has 0 radical (unpaired) electrons. The van der Waals surface area contributed by atoms with Crippen LogP contribution in [0, 0.1) is 23.1 Å². The van der Waals surface area contributed by atoms with Gasteiger partial charge in [0.15, 0.2) is 5.78 Å². The molecular formula is C17H19FN2O. The molecular weight excluding hydrogens is 267 g/mol. The van der Waals surface area contributed by atoms with Gasteiger partial charge in [0.2, 0.25) is 0 Å². The third kappa shape index (κ3) is 2.58. The van der Waals surface area contributed by atoms with Gasteiger partial charge in [-0.1, -0.05) is 6.42 Å². The highest BCUT2D eigenvalue weighted by Crippen LogP contribution is 2.37. The molecule has 110 valence electrons. The van der Waals surface area contributed by atoms with Crippen molar-refractivity contribution in [2.24, 2.45) is 5.92 Å². The fourth-order valence-electron chi connectivity index (χ4n) is 3.83. The second-order valence-electron chi connectivity index (χ2n) is 6.24. The molecule has 2 bridgehead atoms. The number of ketones is 1. The fraction of sp³-hybridized carbons (Fsp3) is 0.529. The first-order valence-electron chi connectivity index (χ1n) is 7.56. The number of hydrogen-bond acceptors (Lipinski definition) is 3. The molecule has 1 aromatic carbocycles. The summed E-state index contributed by atoms with van der Waals surface area (Å²) in [6, 6.07) is 6.91. The van der Waals surface area contributed by atoms with Crippen molar-refractivity contribution in [2.45, 2.75) is 44.2 Å². The Bertz CT molecular complexity index is 593. The highest BCUT2D eigenvalue weighted by molar-refractivity contribution is 5.98. The van der Waals surface area contributed by atoms with Crippen molar-refractivity contribution in [3.8, 4) is 6.07 Å². The van der Waals surface area contributed by atoms with Gasteiger partial charge >= 0.3 is 0 Å². The normalized spacial score (nSPS) is 28.9. The Labute approximate surface area is 124 Å². The number of nitriles is 1. The van der Waals surface area contributed by atoms with E-state index in [4.69, 9.17) is 5.26 Å². The zero-order chi connectivity index (χ0) is 15.0. The number of benzene rings is 1. The van der Waals surface area contributed by atoms with Gasteiger partial charge in [0.1, 0.15) is 11.9 Å². The van der Waals surface area contributed by atoms with E-state index >= 15 is 0 Å². The molecule has 2 saturated heterocycles. The smallest absolute Gasteiger partial charge is 0.166 e. The first-order valence-corrected chi connectivity index (χ1v) is 7.56. The molecule has 21 heavy (non-hydrogen) atoms. The van der Waals surface area contributed by atoms with Crippen molar-refractivity contribution < 1.29 is 9.18 Å². The van der Waals surface area contributed by atoms with E-state index in [0.29, 0.717) is 17.6 Å². The lowest BCUT2D eigenvalue weighted by Crippen LogP contribution is -2.51. The van der Waals surface area contributed by atoms with Gasteiger partial charge in [-0.3, -0.25) is 4.79 Å². The molecule has 0 N–H and O–H groups in total. The standard InChI is InChI=1S/C17H19FN2O/c1-20-14-3-2-4-15(20)9-12(8-14)17(21)11-5-6-16(18)13(7-11)10-19/h5-7,12,14-15H,2-4,8-9H2,1H3. The SMILES string of the molecule is CN1C2CCCC1CC(C(=O)c1ccc(F)c(C#N)c1)C2. The maximum atomic E-state index is 13.4. The number of halogens is 1. The Morgan fingerprint density at radius 3 is 2.62 bits per heavy atom. The Kier molecular flexibility index (Phi) is 3.77. The minimum atomic E-state index is -0.561. The topological polar surface area (TPSA) is 44.1 Å². The Morgan fingerprint density at radius 2 is 2.00 bits per heavy atom. The number of piperidine rings is 2. The maximum absolute atomic E-state index is 13.4. The first-order chi connectivity index (χ1) is 10.1. The van der Waals surface area contributed by atoms with Gasteiger partial charge in [0.05, 0.1) is 5.56 Å². The molecule has 0 aliphatic carbocycles. The number of hydrogen-bond donors (Lipinski definition) is 0. The summed E-state index contributed by atoms with van der Waals surface area (Å²) in [5.41, 5.74) is 0.426. The van der Waals surface area contributed by atoms with Crippen molar-refractivity contribution in [1.82, 2.24) is 4.90 Å². The quantitative estimate of drug-likeness (QED) is 0.784.